The third-order valence-electron chi connectivity index (χ3n) is 3.16. The van der Waals surface area contributed by atoms with Crippen LogP contribution in [0.25, 0.3) is 0 Å². The van der Waals surface area contributed by atoms with Crippen LogP contribution >= 0.6 is 11.3 Å². The van der Waals surface area contributed by atoms with Crippen LogP contribution < -0.4 is 5.32 Å². The van der Waals surface area contributed by atoms with Crippen LogP contribution in [0.1, 0.15) is 30.7 Å². The SMILES string of the molecule is CCCNc1ncc(CN(CC)Cc2ccccc2)s1. The summed E-state index contributed by atoms with van der Waals surface area (Å²) in [5, 5.41) is 4.38. The van der Waals surface area contributed by atoms with Crippen molar-refractivity contribution in [3.8, 4) is 0 Å². The smallest absolute Gasteiger partial charge is 0.182 e. The van der Waals surface area contributed by atoms with Crippen LogP contribution in [0, 0.1) is 0 Å². The molecule has 1 aromatic heterocycles. The monoisotopic (exact) mass is 289 g/mol. The van der Waals surface area contributed by atoms with Crippen molar-refractivity contribution in [1.29, 1.82) is 0 Å². The average Bonchev–Trinajstić information content (AvgIpc) is 2.93. The first kappa shape index (κ1) is 15.0. The molecule has 1 N–H and O–H groups in total. The first-order valence-electron chi connectivity index (χ1n) is 7.26. The molecule has 4 heteroatoms. The number of rotatable bonds is 8. The van der Waals surface area contributed by atoms with Crippen molar-refractivity contribution in [3.63, 3.8) is 0 Å². The molecule has 2 rings (SSSR count). The molecule has 0 aliphatic heterocycles. The highest BCUT2D eigenvalue weighted by molar-refractivity contribution is 7.15. The van der Waals surface area contributed by atoms with Gasteiger partial charge in [0.25, 0.3) is 0 Å². The van der Waals surface area contributed by atoms with E-state index in [4.69, 9.17) is 0 Å². The van der Waals surface area contributed by atoms with Crippen LogP contribution in [0.3, 0.4) is 0 Å². The number of thiazole rings is 1. The minimum atomic E-state index is 0.969. The Morgan fingerprint density at radius 2 is 1.95 bits per heavy atom. The fourth-order valence-corrected chi connectivity index (χ4v) is 2.92. The maximum atomic E-state index is 4.43. The molecular formula is C16H23N3S. The van der Waals surface area contributed by atoms with Crippen LogP contribution in [0.4, 0.5) is 5.13 Å². The zero-order chi connectivity index (χ0) is 14.2. The minimum absolute atomic E-state index is 0.969. The second kappa shape index (κ2) is 8.02. The lowest BCUT2D eigenvalue weighted by Crippen LogP contribution is -2.21. The maximum absolute atomic E-state index is 4.43. The average molecular weight is 289 g/mol. The Hall–Kier alpha value is -1.39. The highest BCUT2D eigenvalue weighted by Crippen LogP contribution is 2.20. The summed E-state index contributed by atoms with van der Waals surface area (Å²) < 4.78 is 0. The number of hydrogen-bond donors (Lipinski definition) is 1. The number of aromatic nitrogens is 1. The van der Waals surface area contributed by atoms with Gasteiger partial charge in [-0.25, -0.2) is 4.98 Å². The number of anilines is 1. The summed E-state index contributed by atoms with van der Waals surface area (Å²) in [7, 11) is 0. The third-order valence-corrected chi connectivity index (χ3v) is 4.10. The van der Waals surface area contributed by atoms with Gasteiger partial charge in [-0.1, -0.05) is 44.2 Å². The van der Waals surface area contributed by atoms with Gasteiger partial charge in [0, 0.05) is 30.7 Å². The van der Waals surface area contributed by atoms with E-state index in [1.165, 1.54) is 10.4 Å². The van der Waals surface area contributed by atoms with Gasteiger partial charge >= 0.3 is 0 Å². The van der Waals surface area contributed by atoms with Crippen molar-refractivity contribution < 1.29 is 0 Å². The van der Waals surface area contributed by atoms with E-state index < -0.39 is 0 Å². The van der Waals surface area contributed by atoms with E-state index >= 15 is 0 Å². The second-order valence-electron chi connectivity index (χ2n) is 4.85. The minimum Gasteiger partial charge on any atom is -0.362 e. The lowest BCUT2D eigenvalue weighted by atomic mass is 10.2. The largest absolute Gasteiger partial charge is 0.362 e. The van der Waals surface area contributed by atoms with Crippen LogP contribution in [-0.2, 0) is 13.1 Å². The summed E-state index contributed by atoms with van der Waals surface area (Å²) >= 11 is 1.76. The van der Waals surface area contributed by atoms with Gasteiger partial charge in [0.15, 0.2) is 5.13 Å². The molecule has 3 nitrogen and oxygen atoms in total. The van der Waals surface area contributed by atoms with Gasteiger partial charge in [0.1, 0.15) is 0 Å². The van der Waals surface area contributed by atoms with E-state index in [9.17, 15) is 0 Å². The molecule has 0 atom stereocenters. The first-order valence-corrected chi connectivity index (χ1v) is 8.08. The molecule has 0 unspecified atom stereocenters. The van der Waals surface area contributed by atoms with Crippen molar-refractivity contribution in [2.45, 2.75) is 33.4 Å². The molecule has 108 valence electrons. The Kier molecular flexibility index (Phi) is 6.02. The molecular weight excluding hydrogens is 266 g/mol. The predicted octanol–water partition coefficient (Wildman–Crippen LogP) is 3.99. The van der Waals surface area contributed by atoms with Gasteiger partial charge in [-0.05, 0) is 18.5 Å². The topological polar surface area (TPSA) is 28.2 Å². The molecule has 20 heavy (non-hydrogen) atoms. The second-order valence-corrected chi connectivity index (χ2v) is 5.96. The van der Waals surface area contributed by atoms with Crippen molar-refractivity contribution in [2.75, 3.05) is 18.4 Å². The van der Waals surface area contributed by atoms with Gasteiger partial charge in [0.05, 0.1) is 0 Å². The van der Waals surface area contributed by atoms with Gasteiger partial charge in [-0.3, -0.25) is 4.90 Å². The molecule has 0 amide bonds. The van der Waals surface area contributed by atoms with Crippen molar-refractivity contribution in [1.82, 2.24) is 9.88 Å². The first-order chi connectivity index (χ1) is 9.81. The van der Waals surface area contributed by atoms with Crippen LogP contribution in [0.15, 0.2) is 36.5 Å². The van der Waals surface area contributed by atoms with Crippen LogP contribution in [-0.4, -0.2) is 23.0 Å². The maximum Gasteiger partial charge on any atom is 0.182 e. The van der Waals surface area contributed by atoms with Crippen molar-refractivity contribution in [3.05, 3.63) is 47.0 Å². The molecule has 0 bridgehead atoms. The molecule has 1 aromatic carbocycles. The van der Waals surface area contributed by atoms with E-state index in [0.29, 0.717) is 0 Å². The molecule has 0 saturated carbocycles. The molecule has 0 spiro atoms. The van der Waals surface area contributed by atoms with Crippen LogP contribution in [0.5, 0.6) is 0 Å². The predicted molar refractivity (Wildman–Crippen MR) is 87.1 cm³/mol. The zero-order valence-electron chi connectivity index (χ0n) is 12.3. The Bertz CT molecular complexity index is 495. The lowest BCUT2D eigenvalue weighted by Gasteiger charge is -2.19. The normalized spacial score (nSPS) is 10.9. The molecule has 2 aromatic rings. The summed E-state index contributed by atoms with van der Waals surface area (Å²) in [6.45, 7) is 8.38. The Balaban J connectivity index is 1.91. The fourth-order valence-electron chi connectivity index (χ4n) is 2.04. The number of hydrogen-bond acceptors (Lipinski definition) is 4. The lowest BCUT2D eigenvalue weighted by molar-refractivity contribution is 0.273. The quantitative estimate of drug-likeness (QED) is 0.796. The highest BCUT2D eigenvalue weighted by atomic mass is 32.1. The Labute approximate surface area is 125 Å². The van der Waals surface area contributed by atoms with Crippen LogP contribution in [0.2, 0.25) is 0 Å². The number of nitrogens with zero attached hydrogens (tertiary/aromatic N) is 2. The van der Waals surface area contributed by atoms with Gasteiger partial charge in [-0.15, -0.1) is 11.3 Å². The van der Waals surface area contributed by atoms with Gasteiger partial charge in [-0.2, -0.15) is 0 Å². The van der Waals surface area contributed by atoms with E-state index in [1.54, 1.807) is 11.3 Å². The summed E-state index contributed by atoms with van der Waals surface area (Å²) in [4.78, 5) is 8.19. The Morgan fingerprint density at radius 3 is 2.65 bits per heavy atom. The van der Waals surface area contributed by atoms with E-state index in [2.05, 4.69) is 59.4 Å². The Morgan fingerprint density at radius 1 is 1.15 bits per heavy atom. The standard InChI is InChI=1S/C16H23N3S/c1-3-10-17-16-18-11-15(20-16)13-19(4-2)12-14-8-6-5-7-9-14/h5-9,11H,3-4,10,12-13H2,1-2H3,(H,17,18). The summed E-state index contributed by atoms with van der Waals surface area (Å²) in [5.74, 6) is 0. The molecule has 0 saturated heterocycles. The number of benzene rings is 1. The van der Waals surface area contributed by atoms with E-state index in [1.807, 2.05) is 6.20 Å². The third kappa shape index (κ3) is 4.62. The summed E-state index contributed by atoms with van der Waals surface area (Å²) in [6.07, 6.45) is 3.13. The molecule has 1 heterocycles. The van der Waals surface area contributed by atoms with E-state index in [-0.39, 0.29) is 0 Å². The molecule has 0 fully saturated rings. The molecule has 0 radical (unpaired) electrons. The van der Waals surface area contributed by atoms with Gasteiger partial charge < -0.3 is 5.32 Å². The zero-order valence-corrected chi connectivity index (χ0v) is 13.1. The van der Waals surface area contributed by atoms with Crippen molar-refractivity contribution >= 4 is 16.5 Å². The van der Waals surface area contributed by atoms with Gasteiger partial charge in [0.2, 0.25) is 0 Å². The summed E-state index contributed by atoms with van der Waals surface area (Å²) in [6, 6.07) is 10.6. The summed E-state index contributed by atoms with van der Waals surface area (Å²) in [5.41, 5.74) is 1.36. The molecule has 0 aliphatic rings. The molecule has 0 aliphatic carbocycles. The number of nitrogens with one attached hydrogen (secondary N) is 1. The fraction of sp³-hybridized carbons (Fsp3) is 0.438. The highest BCUT2D eigenvalue weighted by Gasteiger charge is 2.08. The van der Waals surface area contributed by atoms with Crippen molar-refractivity contribution in [2.24, 2.45) is 0 Å². The van der Waals surface area contributed by atoms with E-state index in [0.717, 1.165) is 37.7 Å².